The molecule has 0 saturated heterocycles. The zero-order valence-electron chi connectivity index (χ0n) is 16.1. The first-order valence-corrected chi connectivity index (χ1v) is 9.69. The smallest absolute Gasteiger partial charge is 0.308 e. The molecule has 0 aromatic rings. The lowest BCUT2D eigenvalue weighted by Crippen LogP contribution is -2.45. The van der Waals surface area contributed by atoms with E-state index in [4.69, 9.17) is 5.11 Å². The van der Waals surface area contributed by atoms with E-state index in [1.807, 2.05) is 34.0 Å². The Morgan fingerprint density at radius 1 is 1.08 bits per heavy atom. The van der Waals surface area contributed by atoms with Crippen molar-refractivity contribution in [2.75, 3.05) is 12.0 Å². The predicted octanol–water partition coefficient (Wildman–Crippen LogP) is 3.37. The van der Waals surface area contributed by atoms with Gasteiger partial charge in [-0.25, -0.2) is 0 Å². The normalized spacial score (nSPS) is 14.8. The number of carbonyl (C=O) groups excluding carboxylic acids is 2. The van der Waals surface area contributed by atoms with E-state index in [0.717, 1.165) is 6.42 Å². The molecular formula is C18H33NO4S. The highest BCUT2D eigenvalue weighted by molar-refractivity contribution is 7.98. The van der Waals surface area contributed by atoms with Crippen molar-refractivity contribution < 1.29 is 19.5 Å². The number of rotatable bonds is 11. The van der Waals surface area contributed by atoms with E-state index in [2.05, 4.69) is 5.32 Å². The maximum absolute atomic E-state index is 12.4. The van der Waals surface area contributed by atoms with Crippen molar-refractivity contribution >= 4 is 29.4 Å². The third kappa shape index (κ3) is 9.30. The summed E-state index contributed by atoms with van der Waals surface area (Å²) in [6.07, 6.45) is 3.44. The minimum Gasteiger partial charge on any atom is -0.481 e. The van der Waals surface area contributed by atoms with Gasteiger partial charge >= 0.3 is 5.97 Å². The van der Waals surface area contributed by atoms with Crippen LogP contribution in [-0.2, 0) is 14.4 Å². The van der Waals surface area contributed by atoms with Crippen molar-refractivity contribution in [3.05, 3.63) is 0 Å². The van der Waals surface area contributed by atoms with Gasteiger partial charge in [0.25, 0.3) is 0 Å². The summed E-state index contributed by atoms with van der Waals surface area (Å²) in [6, 6.07) is -0.383. The number of nitrogens with one attached hydrogen (secondary N) is 1. The molecule has 1 amide bonds. The Balaban J connectivity index is 4.81. The van der Waals surface area contributed by atoms with Crippen molar-refractivity contribution in [1.29, 1.82) is 0 Å². The summed E-state index contributed by atoms with van der Waals surface area (Å²) in [7, 11) is 0. The highest BCUT2D eigenvalue weighted by Gasteiger charge is 2.33. The second kappa shape index (κ2) is 9.44. The summed E-state index contributed by atoms with van der Waals surface area (Å²) in [4.78, 5) is 35.0. The molecule has 2 atom stereocenters. The molecule has 0 aliphatic carbocycles. The van der Waals surface area contributed by atoms with E-state index in [0.29, 0.717) is 18.6 Å². The summed E-state index contributed by atoms with van der Waals surface area (Å²) in [5, 5.41) is 12.0. The van der Waals surface area contributed by atoms with E-state index in [-0.39, 0.29) is 28.6 Å². The molecule has 2 N–H and O–H groups in total. The Hall–Kier alpha value is -1.04. The van der Waals surface area contributed by atoms with E-state index < -0.39 is 11.9 Å². The molecule has 0 radical (unpaired) electrons. The van der Waals surface area contributed by atoms with Crippen molar-refractivity contribution in [2.45, 2.75) is 66.8 Å². The largest absolute Gasteiger partial charge is 0.481 e. The molecule has 140 valence electrons. The average Bonchev–Trinajstić information content (AvgIpc) is 2.32. The molecule has 2 unspecified atom stereocenters. The Morgan fingerprint density at radius 2 is 1.58 bits per heavy atom. The molecule has 0 aromatic carbocycles. The molecule has 0 spiro atoms. The first kappa shape index (κ1) is 23.0. The predicted molar refractivity (Wildman–Crippen MR) is 99.2 cm³/mol. The standard InChI is InChI=1S/C18H33NO4S/c1-12(20)8-17(3,4)11-18(5,6)9-15(21)19-14(10-24-7)13(2)16(22)23/h13-14H,8-11H2,1-7H3,(H,19,21)(H,22,23). The van der Waals surface area contributed by atoms with Crippen LogP contribution in [-0.4, -0.2) is 40.8 Å². The summed E-state index contributed by atoms with van der Waals surface area (Å²) in [5.41, 5.74) is -0.429. The lowest BCUT2D eigenvalue weighted by atomic mass is 9.71. The Morgan fingerprint density at radius 3 is 2.00 bits per heavy atom. The fourth-order valence-electron chi connectivity index (χ4n) is 3.45. The van der Waals surface area contributed by atoms with Crippen LogP contribution in [0, 0.1) is 16.7 Å². The third-order valence-corrected chi connectivity index (χ3v) is 4.70. The van der Waals surface area contributed by atoms with E-state index in [1.165, 1.54) is 11.8 Å². The van der Waals surface area contributed by atoms with Crippen molar-refractivity contribution in [3.8, 4) is 0 Å². The van der Waals surface area contributed by atoms with Crippen LogP contribution < -0.4 is 5.32 Å². The summed E-state index contributed by atoms with van der Waals surface area (Å²) < 4.78 is 0. The van der Waals surface area contributed by atoms with E-state index in [9.17, 15) is 14.4 Å². The number of hydrogen-bond acceptors (Lipinski definition) is 4. The molecular weight excluding hydrogens is 326 g/mol. The maximum Gasteiger partial charge on any atom is 0.308 e. The fraction of sp³-hybridized carbons (Fsp3) is 0.833. The van der Waals surface area contributed by atoms with Gasteiger partial charge < -0.3 is 15.2 Å². The van der Waals surface area contributed by atoms with Gasteiger partial charge in [-0.2, -0.15) is 11.8 Å². The molecule has 24 heavy (non-hydrogen) atoms. The highest BCUT2D eigenvalue weighted by atomic mass is 32.2. The molecule has 0 saturated carbocycles. The maximum atomic E-state index is 12.4. The summed E-state index contributed by atoms with van der Waals surface area (Å²) in [6.45, 7) is 11.3. The Kier molecular flexibility index (Phi) is 9.04. The topological polar surface area (TPSA) is 83.5 Å². The van der Waals surface area contributed by atoms with Crippen LogP contribution in [0.4, 0.5) is 0 Å². The van der Waals surface area contributed by atoms with Gasteiger partial charge in [0.15, 0.2) is 0 Å². The lowest BCUT2D eigenvalue weighted by molar-refractivity contribution is -0.142. The third-order valence-electron chi connectivity index (χ3n) is 4.01. The van der Waals surface area contributed by atoms with Crippen LogP contribution in [0.1, 0.15) is 60.8 Å². The van der Waals surface area contributed by atoms with Crippen LogP contribution in [0.15, 0.2) is 0 Å². The van der Waals surface area contributed by atoms with Crippen molar-refractivity contribution in [3.63, 3.8) is 0 Å². The highest BCUT2D eigenvalue weighted by Crippen LogP contribution is 2.38. The van der Waals surface area contributed by atoms with Gasteiger partial charge in [-0.15, -0.1) is 0 Å². The Bertz CT molecular complexity index is 460. The summed E-state index contributed by atoms with van der Waals surface area (Å²) in [5.74, 6) is -0.952. The molecule has 0 aliphatic rings. The number of carbonyl (C=O) groups is 3. The Labute approximate surface area is 150 Å². The number of amides is 1. The van der Waals surface area contributed by atoms with Gasteiger partial charge in [-0.1, -0.05) is 27.7 Å². The van der Waals surface area contributed by atoms with Gasteiger partial charge in [0.1, 0.15) is 5.78 Å². The number of hydrogen-bond donors (Lipinski definition) is 2. The van der Waals surface area contributed by atoms with Crippen molar-refractivity contribution in [1.82, 2.24) is 5.32 Å². The molecule has 0 aromatic heterocycles. The molecule has 0 aliphatic heterocycles. The minimum absolute atomic E-state index is 0.134. The van der Waals surface area contributed by atoms with Gasteiger partial charge in [-0.05, 0) is 37.4 Å². The number of Topliss-reactive ketones (excluding diaryl/α,β-unsaturated/α-hetero) is 1. The lowest BCUT2D eigenvalue weighted by Gasteiger charge is -2.34. The number of carboxylic acids is 1. The van der Waals surface area contributed by atoms with Gasteiger partial charge in [0.2, 0.25) is 5.91 Å². The SMILES string of the molecule is CSCC(NC(=O)CC(C)(C)CC(C)(C)CC(C)=O)C(C)C(=O)O. The molecule has 6 heteroatoms. The van der Waals surface area contributed by atoms with Gasteiger partial charge in [0.05, 0.1) is 12.0 Å². The van der Waals surface area contributed by atoms with Crippen LogP contribution in [0.25, 0.3) is 0 Å². The van der Waals surface area contributed by atoms with Gasteiger partial charge in [-0.3, -0.25) is 9.59 Å². The quantitative estimate of drug-likeness (QED) is 0.591. The van der Waals surface area contributed by atoms with Crippen molar-refractivity contribution in [2.24, 2.45) is 16.7 Å². The van der Waals surface area contributed by atoms with Crippen LogP contribution in [0.2, 0.25) is 0 Å². The van der Waals surface area contributed by atoms with Gasteiger partial charge in [0, 0.05) is 18.6 Å². The minimum atomic E-state index is -0.906. The van der Waals surface area contributed by atoms with Crippen LogP contribution in [0.3, 0.4) is 0 Å². The second-order valence-corrected chi connectivity index (χ2v) is 9.23. The number of ketones is 1. The fourth-order valence-corrected chi connectivity index (χ4v) is 4.18. The number of carboxylic acid groups (broad SMARTS) is 1. The molecule has 0 heterocycles. The first-order valence-electron chi connectivity index (χ1n) is 8.30. The number of aliphatic carboxylic acids is 1. The summed E-state index contributed by atoms with van der Waals surface area (Å²) >= 11 is 1.52. The number of thioether (sulfide) groups is 1. The molecule has 0 rings (SSSR count). The van der Waals surface area contributed by atoms with Crippen LogP contribution in [0.5, 0.6) is 0 Å². The zero-order chi connectivity index (χ0) is 19.1. The second-order valence-electron chi connectivity index (χ2n) is 8.32. The molecule has 5 nitrogen and oxygen atoms in total. The average molecular weight is 360 g/mol. The zero-order valence-corrected chi connectivity index (χ0v) is 16.9. The van der Waals surface area contributed by atoms with E-state index >= 15 is 0 Å². The molecule has 0 fully saturated rings. The van der Waals surface area contributed by atoms with Crippen LogP contribution >= 0.6 is 11.8 Å². The monoisotopic (exact) mass is 359 g/mol. The first-order chi connectivity index (χ1) is 10.8. The van der Waals surface area contributed by atoms with E-state index in [1.54, 1.807) is 13.8 Å². The molecule has 0 bridgehead atoms.